The number of rotatable bonds is 2. The van der Waals surface area contributed by atoms with E-state index in [0.717, 1.165) is 35.6 Å². The van der Waals surface area contributed by atoms with Gasteiger partial charge in [0.2, 0.25) is 0 Å². The SMILES string of the molecule is O=C1O/C(C2CCCCC2)=C\c2c(-c3ccsc3)nnn2-c2ccccc21. The molecule has 1 aromatic carbocycles. The largest absolute Gasteiger partial charge is 0.427 e. The highest BCUT2D eigenvalue weighted by Gasteiger charge is 2.28. The molecule has 136 valence electrons. The minimum absolute atomic E-state index is 0.270. The predicted octanol–water partition coefficient (Wildman–Crippen LogP) is 5.09. The lowest BCUT2D eigenvalue weighted by Gasteiger charge is -2.25. The third-order valence-electron chi connectivity index (χ3n) is 5.35. The zero-order valence-electron chi connectivity index (χ0n) is 14.8. The van der Waals surface area contributed by atoms with E-state index in [2.05, 4.69) is 15.7 Å². The maximum absolute atomic E-state index is 12.8. The van der Waals surface area contributed by atoms with Crippen molar-refractivity contribution in [2.75, 3.05) is 0 Å². The van der Waals surface area contributed by atoms with Crippen molar-refractivity contribution in [1.82, 2.24) is 15.0 Å². The van der Waals surface area contributed by atoms with Crippen LogP contribution in [0.4, 0.5) is 0 Å². The first-order valence-electron chi connectivity index (χ1n) is 9.33. The van der Waals surface area contributed by atoms with Crippen LogP contribution in [0.2, 0.25) is 0 Å². The van der Waals surface area contributed by atoms with Gasteiger partial charge in [-0.1, -0.05) is 36.6 Å². The number of aromatic nitrogens is 3. The molecule has 2 aromatic heterocycles. The molecule has 1 fully saturated rings. The summed E-state index contributed by atoms with van der Waals surface area (Å²) < 4.78 is 7.68. The summed E-state index contributed by atoms with van der Waals surface area (Å²) in [5.74, 6) is 0.696. The molecule has 3 heterocycles. The number of carbonyl (C=O) groups is 1. The number of para-hydroxylation sites is 1. The summed E-state index contributed by atoms with van der Waals surface area (Å²) in [6.07, 6.45) is 7.68. The Balaban J connectivity index is 1.72. The number of hydrogen-bond acceptors (Lipinski definition) is 5. The molecular formula is C21H19N3O2S. The molecule has 0 spiro atoms. The lowest BCUT2D eigenvalue weighted by molar-refractivity contribution is 0.0578. The standard InChI is InChI=1S/C21H19N3O2S/c25-21-16-8-4-5-9-17(16)24-18(20(22-23-24)15-10-11-27-13-15)12-19(26-21)14-6-2-1-3-7-14/h4-5,8-14H,1-3,6-7H2/b19-12-. The van der Waals surface area contributed by atoms with Gasteiger partial charge >= 0.3 is 5.97 Å². The van der Waals surface area contributed by atoms with Crippen molar-refractivity contribution in [1.29, 1.82) is 0 Å². The molecule has 5 nitrogen and oxygen atoms in total. The van der Waals surface area contributed by atoms with E-state index in [1.54, 1.807) is 22.1 Å². The molecule has 3 aromatic rings. The van der Waals surface area contributed by atoms with Gasteiger partial charge in [-0.25, -0.2) is 9.48 Å². The molecule has 0 N–H and O–H groups in total. The average Bonchev–Trinajstić information content (AvgIpc) is 3.36. The van der Waals surface area contributed by atoms with Gasteiger partial charge in [0.05, 0.1) is 16.9 Å². The minimum Gasteiger partial charge on any atom is -0.427 e. The van der Waals surface area contributed by atoms with Crippen LogP contribution in [-0.2, 0) is 4.74 Å². The number of ether oxygens (including phenoxy) is 1. The molecule has 1 saturated carbocycles. The number of cyclic esters (lactones) is 1. The molecule has 1 aliphatic heterocycles. The number of esters is 1. The molecule has 0 saturated heterocycles. The summed E-state index contributed by atoms with van der Waals surface area (Å²) in [7, 11) is 0. The first kappa shape index (κ1) is 16.4. The summed E-state index contributed by atoms with van der Waals surface area (Å²) in [5.41, 5.74) is 3.93. The van der Waals surface area contributed by atoms with Crippen LogP contribution in [-0.4, -0.2) is 21.0 Å². The minimum atomic E-state index is -0.319. The fraction of sp³-hybridized carbons (Fsp3) is 0.286. The Morgan fingerprint density at radius 3 is 2.78 bits per heavy atom. The fourth-order valence-electron chi connectivity index (χ4n) is 3.95. The van der Waals surface area contributed by atoms with Gasteiger partial charge in [-0.05, 0) is 36.4 Å². The summed E-state index contributed by atoms with van der Waals surface area (Å²) in [6.45, 7) is 0. The van der Waals surface area contributed by atoms with Crippen LogP contribution in [0.1, 0.15) is 48.2 Å². The van der Waals surface area contributed by atoms with Gasteiger partial charge < -0.3 is 4.74 Å². The summed E-state index contributed by atoms with van der Waals surface area (Å²) in [4.78, 5) is 12.8. The highest BCUT2D eigenvalue weighted by atomic mass is 32.1. The van der Waals surface area contributed by atoms with E-state index in [1.807, 2.05) is 35.7 Å². The zero-order chi connectivity index (χ0) is 18.2. The predicted molar refractivity (Wildman–Crippen MR) is 105 cm³/mol. The third-order valence-corrected chi connectivity index (χ3v) is 6.03. The van der Waals surface area contributed by atoms with Crippen molar-refractivity contribution in [2.45, 2.75) is 32.1 Å². The van der Waals surface area contributed by atoms with Crippen molar-refractivity contribution in [3.63, 3.8) is 0 Å². The maximum atomic E-state index is 12.8. The average molecular weight is 377 g/mol. The Morgan fingerprint density at radius 1 is 1.11 bits per heavy atom. The molecule has 27 heavy (non-hydrogen) atoms. The molecule has 0 amide bonds. The fourth-order valence-corrected chi connectivity index (χ4v) is 4.59. The van der Waals surface area contributed by atoms with Gasteiger partial charge in [-0.15, -0.1) is 5.10 Å². The Hall–Kier alpha value is -2.73. The molecule has 5 rings (SSSR count). The Bertz CT molecular complexity index is 1010. The number of benzene rings is 1. The second kappa shape index (κ2) is 6.78. The Labute approximate surface area is 161 Å². The molecular weight excluding hydrogens is 358 g/mol. The van der Waals surface area contributed by atoms with Gasteiger partial charge in [0.25, 0.3) is 0 Å². The monoisotopic (exact) mass is 377 g/mol. The van der Waals surface area contributed by atoms with Crippen molar-refractivity contribution >= 4 is 23.4 Å². The lowest BCUT2D eigenvalue weighted by atomic mass is 9.87. The van der Waals surface area contributed by atoms with Gasteiger partial charge in [-0.3, -0.25) is 0 Å². The van der Waals surface area contributed by atoms with Gasteiger partial charge in [0.15, 0.2) is 0 Å². The van der Waals surface area contributed by atoms with Crippen molar-refractivity contribution in [2.24, 2.45) is 5.92 Å². The molecule has 0 unspecified atom stereocenters. The third kappa shape index (κ3) is 2.90. The van der Waals surface area contributed by atoms with E-state index < -0.39 is 0 Å². The number of thiophene rings is 1. The quantitative estimate of drug-likeness (QED) is 0.584. The summed E-state index contributed by atoms with van der Waals surface area (Å²) in [6, 6.07) is 9.46. The van der Waals surface area contributed by atoms with E-state index in [9.17, 15) is 4.79 Å². The normalized spacial score (nSPS) is 19.3. The van der Waals surface area contributed by atoms with Crippen LogP contribution in [0.3, 0.4) is 0 Å². The number of carbonyl (C=O) groups excluding carboxylic acids is 1. The van der Waals surface area contributed by atoms with Crippen molar-refractivity contribution in [3.05, 3.63) is 58.1 Å². The second-order valence-corrected chi connectivity index (χ2v) is 7.82. The van der Waals surface area contributed by atoms with Crippen LogP contribution in [0.25, 0.3) is 23.0 Å². The highest BCUT2D eigenvalue weighted by molar-refractivity contribution is 7.08. The smallest absolute Gasteiger partial charge is 0.345 e. The van der Waals surface area contributed by atoms with Crippen LogP contribution < -0.4 is 0 Å². The first-order valence-corrected chi connectivity index (χ1v) is 10.3. The molecule has 0 bridgehead atoms. The second-order valence-electron chi connectivity index (χ2n) is 7.04. The number of nitrogens with zero attached hydrogens (tertiary/aromatic N) is 3. The molecule has 0 radical (unpaired) electrons. The van der Waals surface area contributed by atoms with Crippen molar-refractivity contribution < 1.29 is 9.53 Å². The first-order chi connectivity index (χ1) is 13.3. The van der Waals surface area contributed by atoms with Gasteiger partial charge in [-0.2, -0.15) is 11.3 Å². The Kier molecular flexibility index (Phi) is 4.13. The van der Waals surface area contributed by atoms with E-state index >= 15 is 0 Å². The van der Waals surface area contributed by atoms with E-state index in [4.69, 9.17) is 4.74 Å². The lowest BCUT2D eigenvalue weighted by Crippen LogP contribution is -2.19. The number of allylic oxidation sites excluding steroid dienone is 1. The van der Waals surface area contributed by atoms with Crippen molar-refractivity contribution in [3.8, 4) is 16.9 Å². The number of hydrogen-bond donors (Lipinski definition) is 0. The van der Waals surface area contributed by atoms with E-state index in [0.29, 0.717) is 11.3 Å². The van der Waals surface area contributed by atoms with Crippen LogP contribution >= 0.6 is 11.3 Å². The summed E-state index contributed by atoms with van der Waals surface area (Å²) in [5, 5.41) is 12.9. The van der Waals surface area contributed by atoms with Crippen LogP contribution in [0.15, 0.2) is 46.9 Å². The topological polar surface area (TPSA) is 57.0 Å². The van der Waals surface area contributed by atoms with Crippen LogP contribution in [0.5, 0.6) is 0 Å². The Morgan fingerprint density at radius 2 is 1.96 bits per heavy atom. The highest BCUT2D eigenvalue weighted by Crippen LogP contribution is 2.36. The van der Waals surface area contributed by atoms with Gasteiger partial charge in [0, 0.05) is 22.9 Å². The van der Waals surface area contributed by atoms with E-state index in [-0.39, 0.29) is 11.9 Å². The molecule has 0 atom stereocenters. The van der Waals surface area contributed by atoms with E-state index in [1.165, 1.54) is 19.3 Å². The summed E-state index contributed by atoms with van der Waals surface area (Å²) >= 11 is 1.63. The molecule has 2 aliphatic rings. The zero-order valence-corrected chi connectivity index (χ0v) is 15.6. The molecule has 1 aliphatic carbocycles. The number of fused-ring (bicyclic) bond motifs is 3. The van der Waals surface area contributed by atoms with Crippen LogP contribution in [0, 0.1) is 5.92 Å². The van der Waals surface area contributed by atoms with Gasteiger partial charge in [0.1, 0.15) is 11.5 Å². The maximum Gasteiger partial charge on any atom is 0.345 e. The molecule has 6 heteroatoms.